The van der Waals surface area contributed by atoms with Gasteiger partial charge in [0.25, 0.3) is 0 Å². The van der Waals surface area contributed by atoms with Crippen LogP contribution in [0, 0.1) is 0 Å². The molecule has 0 radical (unpaired) electrons. The highest BCUT2D eigenvalue weighted by Crippen LogP contribution is 2.26. The minimum atomic E-state index is -0.736. The first kappa shape index (κ1) is 11.9. The third-order valence-electron chi connectivity index (χ3n) is 2.87. The van der Waals surface area contributed by atoms with E-state index in [2.05, 4.69) is 9.97 Å². The average molecular weight is 274 g/mol. The Balaban J connectivity index is 2.14. The van der Waals surface area contributed by atoms with Crippen molar-refractivity contribution in [2.24, 2.45) is 0 Å². The first-order chi connectivity index (χ1) is 9.15. The van der Waals surface area contributed by atoms with Crippen molar-refractivity contribution in [3.8, 4) is 0 Å². The SMILES string of the molecule is O=c1[nH]c2ccc(C(O)c3cccs3)cc2[nH]c1=O. The molecule has 0 amide bonds. The quantitative estimate of drug-likeness (QED) is 0.617. The van der Waals surface area contributed by atoms with Crippen molar-refractivity contribution in [1.29, 1.82) is 0 Å². The number of fused-ring (bicyclic) bond motifs is 1. The molecule has 0 saturated carbocycles. The van der Waals surface area contributed by atoms with Gasteiger partial charge in [0.2, 0.25) is 0 Å². The maximum absolute atomic E-state index is 11.3. The fourth-order valence-electron chi connectivity index (χ4n) is 1.91. The molecule has 0 saturated heterocycles. The van der Waals surface area contributed by atoms with Gasteiger partial charge < -0.3 is 15.1 Å². The Kier molecular flexibility index (Phi) is 2.81. The average Bonchev–Trinajstić information content (AvgIpc) is 2.93. The van der Waals surface area contributed by atoms with Crippen molar-refractivity contribution < 1.29 is 5.11 Å². The lowest BCUT2D eigenvalue weighted by molar-refractivity contribution is 0.224. The Hall–Kier alpha value is -2.18. The largest absolute Gasteiger partial charge is 0.383 e. The third-order valence-corrected chi connectivity index (χ3v) is 3.80. The number of rotatable bonds is 2. The Bertz CT molecular complexity index is 833. The summed E-state index contributed by atoms with van der Waals surface area (Å²) in [5.74, 6) is 0. The number of hydrogen-bond donors (Lipinski definition) is 3. The Labute approximate surface area is 111 Å². The van der Waals surface area contributed by atoms with Gasteiger partial charge in [0.15, 0.2) is 0 Å². The van der Waals surface area contributed by atoms with E-state index in [9.17, 15) is 14.7 Å². The van der Waals surface area contributed by atoms with Gasteiger partial charge in [-0.05, 0) is 29.1 Å². The second-order valence-electron chi connectivity index (χ2n) is 4.13. The molecule has 2 heterocycles. The van der Waals surface area contributed by atoms with Crippen LogP contribution in [0.25, 0.3) is 11.0 Å². The number of thiophene rings is 1. The van der Waals surface area contributed by atoms with Crippen molar-refractivity contribution in [1.82, 2.24) is 9.97 Å². The van der Waals surface area contributed by atoms with Crippen molar-refractivity contribution in [2.75, 3.05) is 0 Å². The molecule has 1 atom stereocenters. The van der Waals surface area contributed by atoms with E-state index in [1.807, 2.05) is 17.5 Å². The maximum Gasteiger partial charge on any atom is 0.314 e. The maximum atomic E-state index is 11.3. The van der Waals surface area contributed by atoms with E-state index >= 15 is 0 Å². The van der Waals surface area contributed by atoms with Crippen LogP contribution in [0.2, 0.25) is 0 Å². The number of aromatic nitrogens is 2. The topological polar surface area (TPSA) is 85.9 Å². The van der Waals surface area contributed by atoms with Gasteiger partial charge in [0, 0.05) is 4.88 Å². The van der Waals surface area contributed by atoms with Crippen LogP contribution in [0.3, 0.4) is 0 Å². The van der Waals surface area contributed by atoms with E-state index in [0.29, 0.717) is 16.6 Å². The van der Waals surface area contributed by atoms with E-state index < -0.39 is 17.2 Å². The monoisotopic (exact) mass is 274 g/mol. The van der Waals surface area contributed by atoms with Crippen LogP contribution in [0.5, 0.6) is 0 Å². The molecule has 0 fully saturated rings. The number of hydrogen-bond acceptors (Lipinski definition) is 4. The summed E-state index contributed by atoms with van der Waals surface area (Å²) in [6, 6.07) is 8.76. The molecule has 0 spiro atoms. The van der Waals surface area contributed by atoms with Crippen LogP contribution in [-0.2, 0) is 0 Å². The standard InChI is InChI=1S/C13H10N2O3S/c16-11(10-2-1-5-19-10)7-3-4-8-9(6-7)15-13(18)12(17)14-8/h1-6,11,16H,(H,14,17)(H,15,18). The molecule has 0 aliphatic heterocycles. The second-order valence-corrected chi connectivity index (χ2v) is 5.11. The highest BCUT2D eigenvalue weighted by atomic mass is 32.1. The number of benzene rings is 1. The summed E-state index contributed by atoms with van der Waals surface area (Å²) in [5.41, 5.74) is 0.316. The van der Waals surface area contributed by atoms with Crippen LogP contribution in [0.4, 0.5) is 0 Å². The Morgan fingerprint density at radius 2 is 1.79 bits per heavy atom. The molecule has 19 heavy (non-hydrogen) atoms. The van der Waals surface area contributed by atoms with Crippen molar-refractivity contribution >= 4 is 22.4 Å². The number of aromatic amines is 2. The number of H-pyrrole nitrogens is 2. The molecule has 1 aromatic carbocycles. The first-order valence-electron chi connectivity index (χ1n) is 5.63. The summed E-state index contributed by atoms with van der Waals surface area (Å²) in [6.07, 6.45) is -0.736. The van der Waals surface area contributed by atoms with Gasteiger partial charge in [-0.1, -0.05) is 12.1 Å². The van der Waals surface area contributed by atoms with E-state index in [4.69, 9.17) is 0 Å². The van der Waals surface area contributed by atoms with Gasteiger partial charge in [0.1, 0.15) is 6.10 Å². The number of aliphatic hydroxyl groups excluding tert-OH is 1. The molecule has 0 aliphatic rings. The van der Waals surface area contributed by atoms with Gasteiger partial charge in [0.05, 0.1) is 11.0 Å². The zero-order chi connectivity index (χ0) is 13.4. The molecule has 3 aromatic rings. The number of nitrogens with one attached hydrogen (secondary N) is 2. The molecule has 2 aromatic heterocycles. The molecule has 6 heteroatoms. The Morgan fingerprint density at radius 3 is 2.47 bits per heavy atom. The summed E-state index contributed by atoms with van der Waals surface area (Å²) in [5, 5.41) is 12.1. The normalized spacial score (nSPS) is 12.7. The van der Waals surface area contributed by atoms with Crippen molar-refractivity contribution in [3.63, 3.8) is 0 Å². The van der Waals surface area contributed by atoms with Gasteiger partial charge in [-0.3, -0.25) is 9.59 Å². The lowest BCUT2D eigenvalue weighted by atomic mass is 10.1. The molecule has 5 nitrogen and oxygen atoms in total. The first-order valence-corrected chi connectivity index (χ1v) is 6.51. The predicted octanol–water partition coefficient (Wildman–Crippen LogP) is 1.36. The van der Waals surface area contributed by atoms with E-state index in [0.717, 1.165) is 4.88 Å². The van der Waals surface area contributed by atoms with Crippen molar-refractivity contribution in [3.05, 3.63) is 66.9 Å². The third kappa shape index (κ3) is 2.11. The van der Waals surface area contributed by atoms with E-state index in [1.54, 1.807) is 18.2 Å². The van der Waals surface area contributed by atoms with Gasteiger partial charge in [-0.2, -0.15) is 0 Å². The second kappa shape index (κ2) is 4.49. The molecule has 0 aliphatic carbocycles. The molecular formula is C13H10N2O3S. The minimum absolute atomic E-state index is 0.498. The summed E-state index contributed by atoms with van der Waals surface area (Å²) >= 11 is 1.46. The summed E-state index contributed by atoms with van der Waals surface area (Å²) in [7, 11) is 0. The van der Waals surface area contributed by atoms with Crippen molar-refractivity contribution in [2.45, 2.75) is 6.10 Å². The molecular weight excluding hydrogens is 264 g/mol. The predicted molar refractivity (Wildman–Crippen MR) is 73.6 cm³/mol. The Morgan fingerprint density at radius 1 is 1.05 bits per heavy atom. The zero-order valence-corrected chi connectivity index (χ0v) is 10.5. The highest BCUT2D eigenvalue weighted by molar-refractivity contribution is 7.10. The van der Waals surface area contributed by atoms with E-state index in [-0.39, 0.29) is 0 Å². The fraction of sp³-hybridized carbons (Fsp3) is 0.0769. The smallest absolute Gasteiger partial charge is 0.314 e. The zero-order valence-electron chi connectivity index (χ0n) is 9.71. The van der Waals surface area contributed by atoms with Crippen LogP contribution >= 0.6 is 11.3 Å². The molecule has 1 unspecified atom stereocenters. The summed E-state index contributed by atoms with van der Waals surface area (Å²) < 4.78 is 0. The lowest BCUT2D eigenvalue weighted by Gasteiger charge is -2.09. The minimum Gasteiger partial charge on any atom is -0.383 e. The van der Waals surface area contributed by atoms with Gasteiger partial charge >= 0.3 is 11.1 Å². The van der Waals surface area contributed by atoms with Crippen LogP contribution in [0.1, 0.15) is 16.5 Å². The van der Waals surface area contributed by atoms with Crippen LogP contribution < -0.4 is 11.1 Å². The van der Waals surface area contributed by atoms with E-state index in [1.165, 1.54) is 11.3 Å². The molecule has 3 N–H and O–H groups in total. The molecule has 96 valence electrons. The number of aliphatic hydroxyl groups is 1. The van der Waals surface area contributed by atoms with Gasteiger partial charge in [-0.25, -0.2) is 0 Å². The van der Waals surface area contributed by atoms with Gasteiger partial charge in [-0.15, -0.1) is 11.3 Å². The van der Waals surface area contributed by atoms with Crippen LogP contribution in [-0.4, -0.2) is 15.1 Å². The van der Waals surface area contributed by atoms with Crippen LogP contribution in [0.15, 0.2) is 45.3 Å². The summed E-state index contributed by atoms with van der Waals surface area (Å²) in [6.45, 7) is 0. The molecule has 3 rings (SSSR count). The highest BCUT2D eigenvalue weighted by Gasteiger charge is 2.12. The summed E-state index contributed by atoms with van der Waals surface area (Å²) in [4.78, 5) is 28.3. The lowest BCUT2D eigenvalue weighted by Crippen LogP contribution is -2.28. The molecule has 0 bridgehead atoms. The fourth-order valence-corrected chi connectivity index (χ4v) is 2.65.